The summed E-state index contributed by atoms with van der Waals surface area (Å²) in [6.45, 7) is 0.767. The normalized spacial score (nSPS) is 24.0. The van der Waals surface area contributed by atoms with Crippen molar-refractivity contribution in [1.29, 1.82) is 0 Å². The summed E-state index contributed by atoms with van der Waals surface area (Å²) < 4.78 is 5.30. The lowest BCUT2D eigenvalue weighted by Crippen LogP contribution is -2.07. The van der Waals surface area contributed by atoms with Gasteiger partial charge in [-0.15, -0.1) is 0 Å². The number of methoxy groups -OCH3 is 1. The molecule has 84 valence electrons. The van der Waals surface area contributed by atoms with Crippen LogP contribution in [0, 0.1) is 5.92 Å². The van der Waals surface area contributed by atoms with Gasteiger partial charge in [-0.3, -0.25) is 0 Å². The van der Waals surface area contributed by atoms with Crippen molar-refractivity contribution in [2.45, 2.75) is 12.3 Å². The number of ether oxygens (including phenoxy) is 1. The molecule has 1 fully saturated rings. The molecule has 0 bridgehead atoms. The summed E-state index contributed by atoms with van der Waals surface area (Å²) in [7, 11) is 5.67. The molecule has 2 N–H and O–H groups in total. The van der Waals surface area contributed by atoms with Crippen molar-refractivity contribution in [2.24, 2.45) is 11.7 Å². The lowest BCUT2D eigenvalue weighted by atomic mass is 10.3. The van der Waals surface area contributed by atoms with Gasteiger partial charge in [-0.2, -0.15) is 4.98 Å². The second-order valence-corrected chi connectivity index (χ2v) is 5.11. The number of nitrogens with zero attached hydrogens (tertiary/aromatic N) is 2. The first kappa shape index (κ1) is 10.7. The molecule has 0 radical (unpaired) electrons. The largest absolute Gasteiger partial charge is 0.480 e. The fourth-order valence-corrected chi connectivity index (χ4v) is 2.87. The minimum atomic E-state index is 0.580. The smallest absolute Gasteiger partial charge is 0.229 e. The van der Waals surface area contributed by atoms with Crippen LogP contribution in [0.2, 0.25) is 0 Å². The van der Waals surface area contributed by atoms with Crippen LogP contribution in [0.15, 0.2) is 0 Å². The number of rotatable bonds is 4. The molecule has 15 heavy (non-hydrogen) atoms. The summed E-state index contributed by atoms with van der Waals surface area (Å²) in [5, 5.41) is 1.00. The Kier molecular flexibility index (Phi) is 2.84. The Labute approximate surface area is 94.1 Å². The first-order valence-corrected chi connectivity index (χ1v) is 5.91. The molecule has 4 nitrogen and oxygen atoms in total. The molecule has 0 saturated heterocycles. The van der Waals surface area contributed by atoms with E-state index in [0.717, 1.165) is 17.6 Å². The topological polar surface area (TPSA) is 51.4 Å². The number of hydrogen-bond acceptors (Lipinski definition) is 5. The zero-order chi connectivity index (χ0) is 11.0. The van der Waals surface area contributed by atoms with Crippen LogP contribution in [-0.2, 0) is 0 Å². The molecule has 1 aliphatic rings. The predicted octanol–water partition coefficient (Wildman–Crippen LogP) is 1.28. The minimum absolute atomic E-state index is 0.580. The second kappa shape index (κ2) is 3.98. The maximum atomic E-state index is 5.65. The van der Waals surface area contributed by atoms with Crippen LogP contribution in [0.3, 0.4) is 0 Å². The molecular weight excluding hydrogens is 210 g/mol. The Bertz CT molecular complexity index is 350. The average molecular weight is 227 g/mol. The number of aromatic nitrogens is 1. The lowest BCUT2D eigenvalue weighted by molar-refractivity contribution is 0.396. The molecule has 5 heteroatoms. The fraction of sp³-hybridized carbons (Fsp3) is 0.700. The van der Waals surface area contributed by atoms with Gasteiger partial charge in [0, 0.05) is 20.0 Å². The van der Waals surface area contributed by atoms with Crippen molar-refractivity contribution in [3.8, 4) is 5.88 Å². The Morgan fingerprint density at radius 3 is 2.80 bits per heavy atom. The fourth-order valence-electron chi connectivity index (χ4n) is 1.71. The predicted molar refractivity (Wildman–Crippen MR) is 62.9 cm³/mol. The Morgan fingerprint density at radius 2 is 2.33 bits per heavy atom. The highest BCUT2D eigenvalue weighted by molar-refractivity contribution is 7.16. The van der Waals surface area contributed by atoms with E-state index in [0.29, 0.717) is 11.8 Å². The molecule has 0 amide bonds. The van der Waals surface area contributed by atoms with Crippen molar-refractivity contribution < 1.29 is 4.74 Å². The van der Waals surface area contributed by atoms with Gasteiger partial charge in [-0.1, -0.05) is 11.3 Å². The van der Waals surface area contributed by atoms with E-state index in [4.69, 9.17) is 10.5 Å². The van der Waals surface area contributed by atoms with Crippen LogP contribution in [0.5, 0.6) is 5.88 Å². The van der Waals surface area contributed by atoms with Crippen molar-refractivity contribution >= 4 is 16.5 Å². The van der Waals surface area contributed by atoms with Crippen LogP contribution in [0.25, 0.3) is 0 Å². The Hall–Kier alpha value is -0.810. The summed E-state index contributed by atoms with van der Waals surface area (Å²) in [5.74, 6) is 2.00. The first-order chi connectivity index (χ1) is 7.17. The van der Waals surface area contributed by atoms with Crippen LogP contribution in [0.4, 0.5) is 5.13 Å². The van der Waals surface area contributed by atoms with E-state index < -0.39 is 0 Å². The van der Waals surface area contributed by atoms with Crippen molar-refractivity contribution in [2.75, 3.05) is 32.6 Å². The van der Waals surface area contributed by atoms with E-state index in [-0.39, 0.29) is 0 Å². The molecule has 0 unspecified atom stereocenters. The summed E-state index contributed by atoms with van der Waals surface area (Å²) in [5.41, 5.74) is 5.65. The van der Waals surface area contributed by atoms with Crippen LogP contribution < -0.4 is 15.4 Å². The average Bonchev–Trinajstić information content (AvgIpc) is 2.88. The summed E-state index contributed by atoms with van der Waals surface area (Å²) in [4.78, 5) is 7.71. The molecule has 1 aliphatic carbocycles. The highest BCUT2D eigenvalue weighted by atomic mass is 32.1. The molecule has 2 rings (SSSR count). The molecule has 0 aromatic carbocycles. The number of hydrogen-bond donors (Lipinski definition) is 1. The van der Waals surface area contributed by atoms with Crippen molar-refractivity contribution in [1.82, 2.24) is 4.98 Å². The third-order valence-electron chi connectivity index (χ3n) is 2.75. The van der Waals surface area contributed by atoms with Crippen molar-refractivity contribution in [3.05, 3.63) is 4.88 Å². The van der Waals surface area contributed by atoms with E-state index in [2.05, 4.69) is 4.98 Å². The zero-order valence-electron chi connectivity index (χ0n) is 9.36. The molecule has 0 aliphatic heterocycles. The second-order valence-electron chi connectivity index (χ2n) is 4.10. The molecule has 2 atom stereocenters. The zero-order valence-corrected chi connectivity index (χ0v) is 10.2. The molecule has 1 saturated carbocycles. The molecule has 1 aromatic heterocycles. The van der Waals surface area contributed by atoms with Crippen LogP contribution in [0.1, 0.15) is 17.2 Å². The quantitative estimate of drug-likeness (QED) is 0.842. The summed E-state index contributed by atoms with van der Waals surface area (Å²) in [6, 6.07) is 0. The summed E-state index contributed by atoms with van der Waals surface area (Å²) in [6.07, 6.45) is 1.18. The Morgan fingerprint density at radius 1 is 1.60 bits per heavy atom. The van der Waals surface area contributed by atoms with Gasteiger partial charge in [0.05, 0.1) is 12.0 Å². The highest BCUT2D eigenvalue weighted by Gasteiger charge is 2.41. The number of anilines is 1. The molecule has 1 aromatic rings. The van der Waals surface area contributed by atoms with E-state index in [1.165, 1.54) is 11.3 Å². The maximum Gasteiger partial charge on any atom is 0.229 e. The van der Waals surface area contributed by atoms with Gasteiger partial charge >= 0.3 is 0 Å². The summed E-state index contributed by atoms with van der Waals surface area (Å²) >= 11 is 1.72. The van der Waals surface area contributed by atoms with Gasteiger partial charge in [0.2, 0.25) is 5.88 Å². The Balaban J connectivity index is 2.22. The third-order valence-corrected chi connectivity index (χ3v) is 4.08. The van der Waals surface area contributed by atoms with Gasteiger partial charge in [0.1, 0.15) is 0 Å². The molecule has 1 heterocycles. The van der Waals surface area contributed by atoms with E-state index in [9.17, 15) is 0 Å². The molecular formula is C10H17N3OS. The SMILES string of the molecule is COc1nc(N(C)C)sc1[C@@H]1C[C@H]1CN. The monoisotopic (exact) mass is 227 g/mol. The lowest BCUT2D eigenvalue weighted by Gasteiger charge is -2.04. The van der Waals surface area contributed by atoms with E-state index in [1.807, 2.05) is 19.0 Å². The standard InChI is InChI=1S/C10H17N3OS/c1-13(2)10-12-9(14-3)8(15-10)7-4-6(7)5-11/h6-7H,4-5,11H2,1-3H3/t6-,7+/m0/s1. The van der Waals surface area contributed by atoms with Gasteiger partial charge in [-0.05, 0) is 18.9 Å². The van der Waals surface area contributed by atoms with Gasteiger partial charge in [0.15, 0.2) is 5.13 Å². The maximum absolute atomic E-state index is 5.65. The van der Waals surface area contributed by atoms with Gasteiger partial charge in [0.25, 0.3) is 0 Å². The third kappa shape index (κ3) is 1.94. The van der Waals surface area contributed by atoms with Gasteiger partial charge in [-0.25, -0.2) is 0 Å². The number of nitrogens with two attached hydrogens (primary N) is 1. The van der Waals surface area contributed by atoms with Crippen LogP contribution in [-0.4, -0.2) is 32.7 Å². The highest BCUT2D eigenvalue weighted by Crippen LogP contribution is 2.52. The molecule has 0 spiro atoms. The van der Waals surface area contributed by atoms with E-state index in [1.54, 1.807) is 18.4 Å². The van der Waals surface area contributed by atoms with E-state index >= 15 is 0 Å². The van der Waals surface area contributed by atoms with Gasteiger partial charge < -0.3 is 15.4 Å². The number of thiazole rings is 1. The minimum Gasteiger partial charge on any atom is -0.480 e. The van der Waals surface area contributed by atoms with Crippen molar-refractivity contribution in [3.63, 3.8) is 0 Å². The van der Waals surface area contributed by atoms with Crippen LogP contribution >= 0.6 is 11.3 Å². The first-order valence-electron chi connectivity index (χ1n) is 5.09.